The van der Waals surface area contributed by atoms with E-state index < -0.39 is 0 Å². The van der Waals surface area contributed by atoms with E-state index in [1.807, 2.05) is 0 Å². The Morgan fingerprint density at radius 1 is 1.50 bits per heavy atom. The Morgan fingerprint density at radius 2 is 2.30 bits per heavy atom. The zero-order valence-corrected chi connectivity index (χ0v) is 6.34. The lowest BCUT2D eigenvalue weighted by Gasteiger charge is -1.85. The molecule has 3 nitrogen and oxygen atoms in total. The normalized spacial score (nSPS) is 9.00. The van der Waals surface area contributed by atoms with E-state index >= 15 is 0 Å². The van der Waals surface area contributed by atoms with E-state index in [1.165, 1.54) is 12.3 Å². The van der Waals surface area contributed by atoms with Crippen LogP contribution in [0, 0.1) is 0 Å². The SMILES string of the molecule is ClC(Cl)=Cc1ccnnn1. The van der Waals surface area contributed by atoms with Gasteiger partial charge in [-0.2, -0.15) is 0 Å². The summed E-state index contributed by atoms with van der Waals surface area (Å²) in [6, 6.07) is 1.65. The maximum Gasteiger partial charge on any atom is 0.109 e. The Kier molecular flexibility index (Phi) is 2.59. The average molecular weight is 176 g/mol. The summed E-state index contributed by atoms with van der Waals surface area (Å²) in [4.78, 5) is 0. The van der Waals surface area contributed by atoms with Gasteiger partial charge in [0.25, 0.3) is 0 Å². The van der Waals surface area contributed by atoms with E-state index in [1.54, 1.807) is 6.07 Å². The molecule has 0 spiro atoms. The molecule has 0 saturated carbocycles. The van der Waals surface area contributed by atoms with Gasteiger partial charge in [-0.05, 0) is 17.4 Å². The molecule has 52 valence electrons. The van der Waals surface area contributed by atoms with E-state index in [9.17, 15) is 0 Å². The molecule has 0 N–H and O–H groups in total. The van der Waals surface area contributed by atoms with Crippen molar-refractivity contribution in [2.24, 2.45) is 0 Å². The maximum absolute atomic E-state index is 5.35. The van der Waals surface area contributed by atoms with Crippen molar-refractivity contribution >= 4 is 29.3 Å². The predicted molar refractivity (Wildman–Crippen MR) is 39.5 cm³/mol. The van der Waals surface area contributed by atoms with E-state index in [0.29, 0.717) is 5.69 Å². The van der Waals surface area contributed by atoms with Crippen LogP contribution in [-0.2, 0) is 0 Å². The Morgan fingerprint density at radius 3 is 2.80 bits per heavy atom. The van der Waals surface area contributed by atoms with Crippen molar-refractivity contribution in [1.82, 2.24) is 15.4 Å². The first-order valence-corrected chi connectivity index (χ1v) is 3.22. The number of aromatic nitrogens is 3. The third-order valence-corrected chi connectivity index (χ3v) is 0.999. The smallest absolute Gasteiger partial charge is 0.109 e. The van der Waals surface area contributed by atoms with Crippen LogP contribution in [-0.4, -0.2) is 15.4 Å². The molecule has 0 aromatic carbocycles. The topological polar surface area (TPSA) is 38.7 Å². The largest absolute Gasteiger partial charge is 0.139 e. The number of hydrogen-bond acceptors (Lipinski definition) is 3. The van der Waals surface area contributed by atoms with Crippen LogP contribution >= 0.6 is 23.2 Å². The molecule has 0 aliphatic carbocycles. The molecule has 1 rings (SSSR count). The van der Waals surface area contributed by atoms with Crippen molar-refractivity contribution < 1.29 is 0 Å². The molecule has 0 aliphatic heterocycles. The summed E-state index contributed by atoms with van der Waals surface area (Å²) in [5, 5.41) is 10.5. The van der Waals surface area contributed by atoms with Gasteiger partial charge < -0.3 is 0 Å². The molecule has 0 unspecified atom stereocenters. The first-order chi connectivity index (χ1) is 4.79. The van der Waals surface area contributed by atoms with Crippen LogP contribution in [0.25, 0.3) is 6.08 Å². The number of rotatable bonds is 1. The van der Waals surface area contributed by atoms with Crippen molar-refractivity contribution in [3.8, 4) is 0 Å². The lowest BCUT2D eigenvalue weighted by molar-refractivity contribution is 0.857. The van der Waals surface area contributed by atoms with Gasteiger partial charge in [0.15, 0.2) is 0 Å². The molecule has 10 heavy (non-hydrogen) atoms. The molecule has 0 bridgehead atoms. The molecule has 0 fully saturated rings. The minimum atomic E-state index is 0.153. The lowest BCUT2D eigenvalue weighted by atomic mass is 10.4. The van der Waals surface area contributed by atoms with Gasteiger partial charge in [0, 0.05) is 0 Å². The monoisotopic (exact) mass is 175 g/mol. The maximum atomic E-state index is 5.35. The summed E-state index contributed by atoms with van der Waals surface area (Å²) in [7, 11) is 0. The van der Waals surface area contributed by atoms with Crippen molar-refractivity contribution in [3.05, 3.63) is 22.4 Å². The van der Waals surface area contributed by atoms with Crippen LogP contribution in [0.5, 0.6) is 0 Å². The minimum absolute atomic E-state index is 0.153. The standard InChI is InChI=1S/C5H3Cl2N3/c6-5(7)3-4-1-2-8-10-9-4/h1-3H. The minimum Gasteiger partial charge on any atom is -0.139 e. The highest BCUT2D eigenvalue weighted by Gasteiger charge is 1.88. The van der Waals surface area contributed by atoms with Gasteiger partial charge in [0.2, 0.25) is 0 Å². The fourth-order valence-corrected chi connectivity index (χ4v) is 0.663. The summed E-state index contributed by atoms with van der Waals surface area (Å²) in [5.74, 6) is 0. The fourth-order valence-electron chi connectivity index (χ4n) is 0.439. The molecule has 0 amide bonds. The van der Waals surface area contributed by atoms with Gasteiger partial charge in [-0.15, -0.1) is 10.2 Å². The predicted octanol–water partition coefficient (Wildman–Crippen LogP) is 1.65. The van der Waals surface area contributed by atoms with Crippen molar-refractivity contribution in [2.75, 3.05) is 0 Å². The molecule has 1 aromatic heterocycles. The van der Waals surface area contributed by atoms with E-state index in [0.717, 1.165) is 0 Å². The Labute approximate surface area is 67.7 Å². The van der Waals surface area contributed by atoms with Gasteiger partial charge in [-0.25, -0.2) is 0 Å². The molecule has 0 atom stereocenters. The van der Waals surface area contributed by atoms with Crippen LogP contribution in [0.15, 0.2) is 16.8 Å². The second kappa shape index (κ2) is 3.49. The zero-order valence-electron chi connectivity index (χ0n) is 4.83. The number of halogens is 2. The van der Waals surface area contributed by atoms with Gasteiger partial charge in [-0.1, -0.05) is 23.2 Å². The first kappa shape index (κ1) is 7.44. The van der Waals surface area contributed by atoms with Gasteiger partial charge in [0.1, 0.15) is 4.49 Å². The quantitative estimate of drug-likeness (QED) is 0.652. The van der Waals surface area contributed by atoms with Gasteiger partial charge in [-0.3, -0.25) is 0 Å². The summed E-state index contributed by atoms with van der Waals surface area (Å²) >= 11 is 10.7. The highest BCUT2D eigenvalue weighted by Crippen LogP contribution is 2.10. The van der Waals surface area contributed by atoms with Crippen LogP contribution in [0.2, 0.25) is 0 Å². The molecule has 0 aliphatic rings. The third-order valence-electron chi connectivity index (χ3n) is 0.781. The molecule has 1 aromatic rings. The summed E-state index contributed by atoms with van der Waals surface area (Å²) in [6.07, 6.45) is 2.99. The van der Waals surface area contributed by atoms with E-state index in [-0.39, 0.29) is 4.49 Å². The fraction of sp³-hybridized carbons (Fsp3) is 0. The second-order valence-electron chi connectivity index (χ2n) is 1.48. The third kappa shape index (κ3) is 2.29. The average Bonchev–Trinajstić information content (AvgIpc) is 1.88. The lowest BCUT2D eigenvalue weighted by Crippen LogP contribution is -1.86. The van der Waals surface area contributed by atoms with Crippen LogP contribution < -0.4 is 0 Å². The first-order valence-electron chi connectivity index (χ1n) is 2.46. The van der Waals surface area contributed by atoms with Crippen molar-refractivity contribution in [2.45, 2.75) is 0 Å². The highest BCUT2D eigenvalue weighted by atomic mass is 35.5. The van der Waals surface area contributed by atoms with E-state index in [4.69, 9.17) is 23.2 Å². The Hall–Kier alpha value is -0.670. The summed E-state index contributed by atoms with van der Waals surface area (Å²) < 4.78 is 0.153. The summed E-state index contributed by atoms with van der Waals surface area (Å²) in [5.41, 5.74) is 0.593. The number of hydrogen-bond donors (Lipinski definition) is 0. The van der Waals surface area contributed by atoms with E-state index in [2.05, 4.69) is 15.4 Å². The van der Waals surface area contributed by atoms with Crippen LogP contribution in [0.4, 0.5) is 0 Å². The number of nitrogens with zero attached hydrogens (tertiary/aromatic N) is 3. The molecule has 0 radical (unpaired) electrons. The van der Waals surface area contributed by atoms with Crippen LogP contribution in [0.1, 0.15) is 5.69 Å². The molecule has 1 heterocycles. The highest BCUT2D eigenvalue weighted by molar-refractivity contribution is 6.57. The molecular weight excluding hydrogens is 173 g/mol. The Bertz CT molecular complexity index is 230. The van der Waals surface area contributed by atoms with Gasteiger partial charge >= 0.3 is 0 Å². The summed E-state index contributed by atoms with van der Waals surface area (Å²) in [6.45, 7) is 0. The van der Waals surface area contributed by atoms with Crippen molar-refractivity contribution in [3.63, 3.8) is 0 Å². The van der Waals surface area contributed by atoms with Gasteiger partial charge in [0.05, 0.1) is 11.9 Å². The molecule has 5 heteroatoms. The zero-order chi connectivity index (χ0) is 7.40. The molecule has 0 saturated heterocycles. The second-order valence-corrected chi connectivity index (χ2v) is 2.49. The van der Waals surface area contributed by atoms with Crippen molar-refractivity contribution in [1.29, 1.82) is 0 Å². The van der Waals surface area contributed by atoms with Crippen LogP contribution in [0.3, 0.4) is 0 Å². The molecular formula is C5H3Cl2N3. The Balaban J connectivity index is 2.87.